The second-order valence-corrected chi connectivity index (χ2v) is 6.79. The number of hydrogen-bond donors (Lipinski definition) is 5. The lowest BCUT2D eigenvalue weighted by Gasteiger charge is -2.16. The van der Waals surface area contributed by atoms with E-state index >= 15 is 0 Å². The van der Waals surface area contributed by atoms with Gasteiger partial charge in [-0.25, -0.2) is 4.98 Å². The third kappa shape index (κ3) is 3.92. The van der Waals surface area contributed by atoms with Gasteiger partial charge in [-0.05, 0) is 6.42 Å². The van der Waals surface area contributed by atoms with Crippen LogP contribution in [0.3, 0.4) is 0 Å². The molecule has 0 saturated carbocycles. The Hall–Kier alpha value is -2.34. The Morgan fingerprint density at radius 2 is 2.04 bits per heavy atom. The van der Waals surface area contributed by atoms with Gasteiger partial charge in [-0.1, -0.05) is 26.2 Å². The first kappa shape index (κ1) is 20.4. The minimum atomic E-state index is -1.40. The van der Waals surface area contributed by atoms with Crippen LogP contribution in [0.2, 0.25) is 0 Å². The average molecular weight is 395 g/mol. The van der Waals surface area contributed by atoms with Crippen LogP contribution in [0.4, 0.5) is 5.95 Å². The van der Waals surface area contributed by atoms with Crippen molar-refractivity contribution in [1.82, 2.24) is 19.5 Å². The van der Waals surface area contributed by atoms with Gasteiger partial charge in [0.1, 0.15) is 23.8 Å². The van der Waals surface area contributed by atoms with Crippen LogP contribution in [0.25, 0.3) is 11.0 Å². The van der Waals surface area contributed by atoms with E-state index in [0.29, 0.717) is 6.54 Å². The van der Waals surface area contributed by atoms with Crippen LogP contribution in [0.5, 0.6) is 0 Å². The van der Waals surface area contributed by atoms with Crippen molar-refractivity contribution in [1.29, 1.82) is 0 Å². The van der Waals surface area contributed by atoms with Gasteiger partial charge in [0.15, 0.2) is 11.7 Å². The number of nitrogens with zero attached hydrogens (tertiary/aromatic N) is 3. The molecule has 0 bridgehead atoms. The summed E-state index contributed by atoms with van der Waals surface area (Å²) < 4.78 is 6.60. The van der Waals surface area contributed by atoms with E-state index in [1.165, 1.54) is 10.9 Å². The molecule has 0 aromatic carbocycles. The quantitative estimate of drug-likeness (QED) is 0.356. The molecule has 154 valence electrons. The number of aliphatic hydroxyl groups is 3. The topological polar surface area (TPSA) is 163 Å². The summed E-state index contributed by atoms with van der Waals surface area (Å²) in [7, 11) is 0. The van der Waals surface area contributed by atoms with Crippen LogP contribution < -0.4 is 16.4 Å². The van der Waals surface area contributed by atoms with Crippen molar-refractivity contribution in [3.63, 3.8) is 0 Å². The van der Waals surface area contributed by atoms with Crippen molar-refractivity contribution >= 4 is 17.0 Å². The van der Waals surface area contributed by atoms with Crippen LogP contribution in [-0.2, 0) is 4.74 Å². The summed E-state index contributed by atoms with van der Waals surface area (Å²) >= 11 is 0. The summed E-state index contributed by atoms with van der Waals surface area (Å²) in [4.78, 5) is 35.4. The minimum Gasteiger partial charge on any atom is -0.394 e. The van der Waals surface area contributed by atoms with Crippen molar-refractivity contribution < 1.29 is 20.1 Å². The lowest BCUT2D eigenvalue weighted by atomic mass is 10.1. The van der Waals surface area contributed by atoms with E-state index in [1.807, 2.05) is 0 Å². The summed E-state index contributed by atoms with van der Waals surface area (Å²) in [5, 5.41) is 32.3. The molecular formula is C17H25N5O6. The van der Waals surface area contributed by atoms with Gasteiger partial charge in [-0.2, -0.15) is 4.98 Å². The molecular weight excluding hydrogens is 370 g/mol. The fourth-order valence-electron chi connectivity index (χ4n) is 3.24. The van der Waals surface area contributed by atoms with E-state index in [2.05, 4.69) is 27.2 Å². The molecule has 0 amide bonds. The largest absolute Gasteiger partial charge is 0.394 e. The minimum absolute atomic E-state index is 0.0391. The first-order valence-electron chi connectivity index (χ1n) is 9.35. The Morgan fingerprint density at radius 1 is 1.25 bits per heavy atom. The van der Waals surface area contributed by atoms with Gasteiger partial charge >= 0.3 is 5.56 Å². The summed E-state index contributed by atoms with van der Waals surface area (Å²) in [5.74, 6) is 0.0391. The second kappa shape index (κ2) is 8.78. The Balaban J connectivity index is 1.93. The average Bonchev–Trinajstić information content (AvgIpc) is 3.20. The van der Waals surface area contributed by atoms with E-state index < -0.39 is 42.3 Å². The molecule has 2 aromatic heterocycles. The predicted octanol–water partition coefficient (Wildman–Crippen LogP) is -0.916. The number of rotatable bonds is 8. The molecule has 0 unspecified atom stereocenters. The number of aromatic amines is 1. The molecule has 2 aromatic rings. The number of hydrogen-bond acceptors (Lipinski definition) is 9. The molecule has 1 fully saturated rings. The van der Waals surface area contributed by atoms with Crippen LogP contribution >= 0.6 is 0 Å². The molecule has 28 heavy (non-hydrogen) atoms. The van der Waals surface area contributed by atoms with Crippen LogP contribution in [0, 0.1) is 0 Å². The number of H-pyrrole nitrogens is 1. The molecule has 3 rings (SSSR count). The van der Waals surface area contributed by atoms with Crippen LogP contribution in [-0.4, -0.2) is 66.3 Å². The van der Waals surface area contributed by atoms with E-state index in [9.17, 15) is 24.9 Å². The van der Waals surface area contributed by atoms with E-state index in [-0.39, 0.29) is 17.0 Å². The number of unbranched alkanes of at least 4 members (excludes halogenated alkanes) is 3. The molecule has 0 aliphatic carbocycles. The molecule has 11 heteroatoms. The predicted molar refractivity (Wildman–Crippen MR) is 100 cm³/mol. The highest BCUT2D eigenvalue weighted by atomic mass is 16.6. The third-order valence-electron chi connectivity index (χ3n) is 4.77. The maximum Gasteiger partial charge on any atom is 0.301 e. The summed E-state index contributed by atoms with van der Waals surface area (Å²) in [5.41, 5.74) is -1.67. The van der Waals surface area contributed by atoms with Crippen molar-refractivity contribution in [3.8, 4) is 0 Å². The number of anilines is 1. The number of fused-ring (bicyclic) bond motifs is 1. The lowest BCUT2D eigenvalue weighted by Crippen LogP contribution is -2.33. The number of aromatic nitrogens is 4. The Labute approximate surface area is 160 Å². The highest BCUT2D eigenvalue weighted by molar-refractivity contribution is 5.73. The monoisotopic (exact) mass is 395 g/mol. The second-order valence-electron chi connectivity index (χ2n) is 6.79. The van der Waals surface area contributed by atoms with Gasteiger partial charge in [-0.3, -0.25) is 19.1 Å². The number of imidazole rings is 1. The van der Waals surface area contributed by atoms with Crippen molar-refractivity contribution in [2.45, 2.75) is 57.1 Å². The first-order valence-corrected chi connectivity index (χ1v) is 9.35. The number of aliphatic hydroxyl groups excluding tert-OH is 3. The molecule has 3 heterocycles. The molecule has 1 saturated heterocycles. The van der Waals surface area contributed by atoms with Gasteiger partial charge in [-0.15, -0.1) is 0 Å². The van der Waals surface area contributed by atoms with Crippen LogP contribution in [0.15, 0.2) is 15.9 Å². The van der Waals surface area contributed by atoms with E-state index in [1.54, 1.807) is 0 Å². The van der Waals surface area contributed by atoms with Gasteiger partial charge < -0.3 is 25.4 Å². The fraction of sp³-hybridized carbons (Fsp3) is 0.647. The smallest absolute Gasteiger partial charge is 0.301 e. The number of ether oxygens (including phenoxy) is 1. The van der Waals surface area contributed by atoms with Crippen molar-refractivity contribution in [2.75, 3.05) is 18.5 Å². The van der Waals surface area contributed by atoms with Crippen LogP contribution in [0.1, 0.15) is 38.8 Å². The molecule has 1 aliphatic heterocycles. The van der Waals surface area contributed by atoms with Crippen molar-refractivity contribution in [3.05, 3.63) is 27.0 Å². The summed E-state index contributed by atoms with van der Waals surface area (Å²) in [6, 6.07) is 0. The summed E-state index contributed by atoms with van der Waals surface area (Å²) in [6.07, 6.45) is 0.331. The molecule has 5 N–H and O–H groups in total. The fourth-order valence-corrected chi connectivity index (χ4v) is 3.24. The number of nitrogens with one attached hydrogen (secondary N) is 2. The maximum atomic E-state index is 12.7. The van der Waals surface area contributed by atoms with Gasteiger partial charge in [0.2, 0.25) is 5.95 Å². The van der Waals surface area contributed by atoms with Gasteiger partial charge in [0.05, 0.1) is 12.9 Å². The first-order chi connectivity index (χ1) is 13.5. The zero-order valence-electron chi connectivity index (χ0n) is 15.5. The molecule has 4 atom stereocenters. The Morgan fingerprint density at radius 3 is 2.71 bits per heavy atom. The van der Waals surface area contributed by atoms with E-state index in [4.69, 9.17) is 4.74 Å². The normalized spacial score (nSPS) is 24.7. The zero-order chi connectivity index (χ0) is 20.3. The standard InChI is InChI=1S/C17H25N5O6/c1-2-3-4-5-6-18-17-20-14(26)10-11(15(27)21-17)22(8-19-10)16-13(25)12(24)9(7-23)28-16/h8-9,12-13,16,23-25H,2-7H2,1H3,(H2,18,20,21,26,27)/t9-,12-,13-,16-/m1/s1. The van der Waals surface area contributed by atoms with Gasteiger partial charge in [0.25, 0.3) is 5.56 Å². The zero-order valence-corrected chi connectivity index (χ0v) is 15.5. The SMILES string of the molecule is CCCCCCNc1nc(=O)c2ncn([C@@H]3O[C@H](CO)[C@@H](O)[C@H]3O)c2c(=O)[nH]1. The molecule has 11 nitrogen and oxygen atoms in total. The third-order valence-corrected chi connectivity index (χ3v) is 4.77. The molecule has 0 spiro atoms. The lowest BCUT2D eigenvalue weighted by molar-refractivity contribution is -0.0509. The molecule has 1 aliphatic rings. The summed E-state index contributed by atoms with van der Waals surface area (Å²) in [6.45, 7) is 2.15. The Kier molecular flexibility index (Phi) is 6.39. The molecule has 0 radical (unpaired) electrons. The van der Waals surface area contributed by atoms with Gasteiger partial charge in [0, 0.05) is 6.54 Å². The maximum absolute atomic E-state index is 12.7. The van der Waals surface area contributed by atoms with E-state index in [0.717, 1.165) is 25.7 Å². The Bertz CT molecular complexity index is 928. The van der Waals surface area contributed by atoms with Crippen molar-refractivity contribution in [2.24, 2.45) is 0 Å². The highest BCUT2D eigenvalue weighted by Crippen LogP contribution is 2.30. The highest BCUT2D eigenvalue weighted by Gasteiger charge is 2.44.